The van der Waals surface area contributed by atoms with Crippen molar-refractivity contribution in [1.29, 1.82) is 0 Å². The Morgan fingerprint density at radius 1 is 0.714 bits per heavy atom. The van der Waals surface area contributed by atoms with E-state index in [1.165, 1.54) is 11.0 Å². The van der Waals surface area contributed by atoms with E-state index in [0.29, 0.717) is 32.4 Å². The number of benzene rings is 3. The zero-order valence-electron chi connectivity index (χ0n) is 27.6. The lowest BCUT2D eigenvalue weighted by atomic mass is 10.0. The second-order valence-electron chi connectivity index (χ2n) is 12.5. The molecule has 0 bridgehead atoms. The van der Waals surface area contributed by atoms with E-state index >= 15 is 0 Å². The van der Waals surface area contributed by atoms with Gasteiger partial charge < -0.3 is 25.6 Å². The summed E-state index contributed by atoms with van der Waals surface area (Å²) in [6.45, 7) is 1.09. The van der Waals surface area contributed by atoms with Crippen LogP contribution in [0.25, 0.3) is 0 Å². The number of carbonyl (C=O) groups excluding carboxylic acids is 5. The van der Waals surface area contributed by atoms with E-state index in [0.717, 1.165) is 16.7 Å². The topological polar surface area (TPSA) is 134 Å². The van der Waals surface area contributed by atoms with Crippen molar-refractivity contribution in [3.05, 3.63) is 120 Å². The largest absolute Gasteiger partial charge is 0.376 e. The molecule has 10 heteroatoms. The van der Waals surface area contributed by atoms with Crippen molar-refractivity contribution >= 4 is 29.4 Å². The average molecular weight is 665 g/mol. The summed E-state index contributed by atoms with van der Waals surface area (Å²) in [6.07, 6.45) is 5.42. The molecule has 3 aromatic rings. The quantitative estimate of drug-likeness (QED) is 0.190. The van der Waals surface area contributed by atoms with E-state index in [9.17, 15) is 24.0 Å². The van der Waals surface area contributed by atoms with Gasteiger partial charge >= 0.3 is 0 Å². The molecule has 2 fully saturated rings. The zero-order chi connectivity index (χ0) is 34.4. The number of rotatable bonds is 13. The summed E-state index contributed by atoms with van der Waals surface area (Å²) >= 11 is 0. The maximum atomic E-state index is 14.0. The molecule has 3 aromatic carbocycles. The molecule has 2 heterocycles. The second kappa shape index (κ2) is 17.9. The molecule has 5 rings (SSSR count). The molecule has 4 amide bonds. The minimum atomic E-state index is -0.998. The van der Waals surface area contributed by atoms with Crippen LogP contribution in [0.2, 0.25) is 0 Å². The number of carbonyl (C=O) groups is 5. The first-order valence-corrected chi connectivity index (χ1v) is 17.0. The van der Waals surface area contributed by atoms with Gasteiger partial charge in [-0.3, -0.25) is 24.0 Å². The number of fused-ring (bicyclic) bond motifs is 1. The summed E-state index contributed by atoms with van der Waals surface area (Å²) in [5.74, 6) is -1.83. The Kier molecular flexibility index (Phi) is 12.9. The highest BCUT2D eigenvalue weighted by Crippen LogP contribution is 2.21. The van der Waals surface area contributed by atoms with E-state index in [1.807, 2.05) is 91.0 Å². The molecule has 0 aliphatic carbocycles. The molecule has 10 nitrogen and oxygen atoms in total. The van der Waals surface area contributed by atoms with Gasteiger partial charge in [-0.05, 0) is 48.4 Å². The summed E-state index contributed by atoms with van der Waals surface area (Å²) in [4.78, 5) is 69.2. The van der Waals surface area contributed by atoms with Crippen LogP contribution in [0.1, 0.15) is 48.8 Å². The van der Waals surface area contributed by atoms with Gasteiger partial charge in [0.1, 0.15) is 24.2 Å². The lowest BCUT2D eigenvalue weighted by Gasteiger charge is -2.32. The summed E-state index contributed by atoms with van der Waals surface area (Å²) in [5, 5.41) is 8.66. The highest BCUT2D eigenvalue weighted by molar-refractivity contribution is 5.98. The highest BCUT2D eigenvalue weighted by Gasteiger charge is 2.40. The van der Waals surface area contributed by atoms with Gasteiger partial charge in [0.15, 0.2) is 5.78 Å². The third-order valence-electron chi connectivity index (χ3n) is 8.81. The molecule has 0 saturated carbocycles. The SMILES string of the molecule is O=C(/C=C/CC[C@@H]1NC(=O)[C@H]2CCCN2C(=O)[C@H](Cc2ccccc2)NC(=O)[C@H](Cc2ccccc2)NC1=O)CCOCc1ccccc1. The van der Waals surface area contributed by atoms with E-state index < -0.39 is 41.9 Å². The summed E-state index contributed by atoms with van der Waals surface area (Å²) in [7, 11) is 0. The summed E-state index contributed by atoms with van der Waals surface area (Å²) < 4.78 is 5.61. The molecule has 0 unspecified atom stereocenters. The van der Waals surface area contributed by atoms with E-state index in [1.54, 1.807) is 6.08 Å². The lowest BCUT2D eigenvalue weighted by molar-refractivity contribution is -0.143. The number of ether oxygens (including phenoxy) is 1. The molecule has 49 heavy (non-hydrogen) atoms. The van der Waals surface area contributed by atoms with Gasteiger partial charge in [-0.1, -0.05) is 97.1 Å². The van der Waals surface area contributed by atoms with Crippen LogP contribution in [-0.4, -0.2) is 71.6 Å². The Morgan fingerprint density at radius 3 is 1.92 bits per heavy atom. The number of hydrogen-bond donors (Lipinski definition) is 3. The normalized spacial score (nSPS) is 21.7. The van der Waals surface area contributed by atoms with Crippen molar-refractivity contribution in [2.45, 2.75) is 75.7 Å². The number of nitrogens with one attached hydrogen (secondary N) is 3. The number of allylic oxidation sites excluding steroid dienone is 2. The van der Waals surface area contributed by atoms with Gasteiger partial charge in [0, 0.05) is 25.8 Å². The Hall–Kier alpha value is -5.09. The summed E-state index contributed by atoms with van der Waals surface area (Å²) in [5.41, 5.74) is 2.72. The molecule has 3 N–H and O–H groups in total. The van der Waals surface area contributed by atoms with Crippen LogP contribution in [0.3, 0.4) is 0 Å². The molecule has 2 aliphatic heterocycles. The molecule has 0 spiro atoms. The number of ketones is 1. The van der Waals surface area contributed by atoms with Gasteiger partial charge in [-0.2, -0.15) is 0 Å². The minimum absolute atomic E-state index is 0.106. The monoisotopic (exact) mass is 664 g/mol. The van der Waals surface area contributed by atoms with E-state index in [4.69, 9.17) is 4.74 Å². The first-order chi connectivity index (χ1) is 23.9. The Balaban J connectivity index is 1.28. The van der Waals surface area contributed by atoms with Crippen LogP contribution < -0.4 is 16.0 Å². The van der Waals surface area contributed by atoms with Crippen LogP contribution in [0.5, 0.6) is 0 Å². The molecule has 0 radical (unpaired) electrons. The molecular formula is C39H44N4O6. The van der Waals surface area contributed by atoms with Gasteiger partial charge in [-0.25, -0.2) is 0 Å². The average Bonchev–Trinajstić information content (AvgIpc) is 3.62. The standard InChI is InChI=1S/C39H44N4O6/c44-31(22-24-49-27-30-17-8-3-9-18-30)19-10-11-20-32-36(45)41-33(25-28-13-4-1-5-14-28)37(46)42-34(26-29-15-6-2-7-16-29)39(48)43-23-12-21-35(43)38(47)40-32/h1-10,13-19,32-35H,11-12,20-27H2,(H,40,47)(H,41,45)(H,42,46)/b19-10+/t32-,33-,34-,35+/m0/s1. The molecule has 2 aliphatic rings. The van der Waals surface area contributed by atoms with Crippen LogP contribution in [-0.2, 0) is 48.2 Å². The number of nitrogens with zero attached hydrogens (tertiary/aromatic N) is 1. The predicted molar refractivity (Wildman–Crippen MR) is 185 cm³/mol. The number of amides is 4. The summed E-state index contributed by atoms with van der Waals surface area (Å²) in [6, 6.07) is 24.8. The van der Waals surface area contributed by atoms with Crippen molar-refractivity contribution in [1.82, 2.24) is 20.9 Å². The van der Waals surface area contributed by atoms with Gasteiger partial charge in [0.2, 0.25) is 23.6 Å². The molecule has 4 atom stereocenters. The van der Waals surface area contributed by atoms with Crippen molar-refractivity contribution < 1.29 is 28.7 Å². The van der Waals surface area contributed by atoms with Gasteiger partial charge in [-0.15, -0.1) is 0 Å². The fourth-order valence-corrected chi connectivity index (χ4v) is 6.19. The lowest BCUT2D eigenvalue weighted by Crippen LogP contribution is -2.61. The Morgan fingerprint density at radius 2 is 1.27 bits per heavy atom. The van der Waals surface area contributed by atoms with Crippen molar-refractivity contribution in [3.63, 3.8) is 0 Å². The smallest absolute Gasteiger partial charge is 0.246 e. The van der Waals surface area contributed by atoms with Crippen LogP contribution >= 0.6 is 0 Å². The van der Waals surface area contributed by atoms with E-state index in [-0.39, 0.29) is 44.0 Å². The van der Waals surface area contributed by atoms with Crippen molar-refractivity contribution in [2.75, 3.05) is 13.2 Å². The molecular weight excluding hydrogens is 620 g/mol. The van der Waals surface area contributed by atoms with Crippen LogP contribution in [0.4, 0.5) is 0 Å². The highest BCUT2D eigenvalue weighted by atomic mass is 16.5. The first-order valence-electron chi connectivity index (χ1n) is 17.0. The van der Waals surface area contributed by atoms with Gasteiger partial charge in [0.25, 0.3) is 0 Å². The zero-order valence-corrected chi connectivity index (χ0v) is 27.6. The second-order valence-corrected chi connectivity index (χ2v) is 12.5. The number of hydrogen-bond acceptors (Lipinski definition) is 6. The third-order valence-corrected chi connectivity index (χ3v) is 8.81. The van der Waals surface area contributed by atoms with Crippen molar-refractivity contribution in [2.24, 2.45) is 0 Å². The van der Waals surface area contributed by atoms with Gasteiger partial charge in [0.05, 0.1) is 13.2 Å². The fraction of sp³-hybridized carbons (Fsp3) is 0.359. The van der Waals surface area contributed by atoms with E-state index in [2.05, 4.69) is 16.0 Å². The molecule has 0 aromatic heterocycles. The van der Waals surface area contributed by atoms with Crippen LogP contribution in [0, 0.1) is 0 Å². The molecule has 2 saturated heterocycles. The Labute approximate surface area is 287 Å². The van der Waals surface area contributed by atoms with Crippen LogP contribution in [0.15, 0.2) is 103 Å². The Bertz CT molecular complexity index is 1600. The van der Waals surface area contributed by atoms with Crippen molar-refractivity contribution in [3.8, 4) is 0 Å². The predicted octanol–water partition coefficient (Wildman–Crippen LogP) is 3.44. The first kappa shape index (κ1) is 35.2. The fourth-order valence-electron chi connectivity index (χ4n) is 6.19. The minimum Gasteiger partial charge on any atom is -0.376 e. The maximum Gasteiger partial charge on any atom is 0.246 e. The maximum absolute atomic E-state index is 14.0. The third kappa shape index (κ3) is 10.4. The molecule has 256 valence electrons.